The van der Waals surface area contributed by atoms with Crippen molar-refractivity contribution in [2.45, 2.75) is 19.3 Å². The number of carbonyl (C=O) groups excluding carboxylic acids is 1. The van der Waals surface area contributed by atoms with Crippen molar-refractivity contribution in [1.29, 1.82) is 0 Å². The third kappa shape index (κ3) is 5.06. The van der Waals surface area contributed by atoms with Crippen LogP contribution in [0.5, 0.6) is 0 Å². The molecule has 0 aromatic heterocycles. The SMILES string of the molecule is Cl.O=C(Cc1cc(F)ccc1F)NCCC1CCNC1. The Hall–Kier alpha value is -1.20. The van der Waals surface area contributed by atoms with Gasteiger partial charge in [-0.3, -0.25) is 4.79 Å². The van der Waals surface area contributed by atoms with E-state index in [-0.39, 0.29) is 30.3 Å². The van der Waals surface area contributed by atoms with Crippen LogP contribution in [0.1, 0.15) is 18.4 Å². The Morgan fingerprint density at radius 1 is 1.40 bits per heavy atom. The van der Waals surface area contributed by atoms with Gasteiger partial charge in [-0.1, -0.05) is 0 Å². The minimum atomic E-state index is -0.545. The summed E-state index contributed by atoms with van der Waals surface area (Å²) >= 11 is 0. The fourth-order valence-corrected chi connectivity index (χ4v) is 2.29. The highest BCUT2D eigenvalue weighted by atomic mass is 35.5. The van der Waals surface area contributed by atoms with Crippen LogP contribution in [0.25, 0.3) is 0 Å². The molecule has 0 saturated carbocycles. The largest absolute Gasteiger partial charge is 0.356 e. The molecule has 2 rings (SSSR count). The lowest BCUT2D eigenvalue weighted by atomic mass is 10.1. The summed E-state index contributed by atoms with van der Waals surface area (Å²) < 4.78 is 26.3. The highest BCUT2D eigenvalue weighted by molar-refractivity contribution is 5.85. The average molecular weight is 305 g/mol. The Morgan fingerprint density at radius 2 is 2.20 bits per heavy atom. The van der Waals surface area contributed by atoms with E-state index in [4.69, 9.17) is 0 Å². The number of benzene rings is 1. The van der Waals surface area contributed by atoms with Crippen LogP contribution in [-0.4, -0.2) is 25.5 Å². The van der Waals surface area contributed by atoms with Gasteiger partial charge < -0.3 is 10.6 Å². The third-order valence-electron chi connectivity index (χ3n) is 3.40. The summed E-state index contributed by atoms with van der Waals surface area (Å²) in [6.07, 6.45) is 1.94. The van der Waals surface area contributed by atoms with Crippen molar-refractivity contribution >= 4 is 18.3 Å². The molecule has 1 saturated heterocycles. The van der Waals surface area contributed by atoms with E-state index in [1.54, 1.807) is 0 Å². The van der Waals surface area contributed by atoms with E-state index in [1.165, 1.54) is 0 Å². The Labute approximate surface area is 123 Å². The number of nitrogens with one attached hydrogen (secondary N) is 2. The summed E-state index contributed by atoms with van der Waals surface area (Å²) in [6.45, 7) is 2.61. The zero-order valence-electron chi connectivity index (χ0n) is 11.1. The number of halogens is 3. The predicted octanol–water partition coefficient (Wildman–Crippen LogP) is 2.04. The fourth-order valence-electron chi connectivity index (χ4n) is 2.29. The molecule has 2 N–H and O–H groups in total. The van der Waals surface area contributed by atoms with Crippen LogP contribution in [0.15, 0.2) is 18.2 Å². The smallest absolute Gasteiger partial charge is 0.224 e. The quantitative estimate of drug-likeness (QED) is 0.874. The predicted molar refractivity (Wildman–Crippen MR) is 75.9 cm³/mol. The topological polar surface area (TPSA) is 41.1 Å². The van der Waals surface area contributed by atoms with Crippen molar-refractivity contribution in [2.24, 2.45) is 5.92 Å². The first-order valence-corrected chi connectivity index (χ1v) is 6.56. The molecule has 1 atom stereocenters. The van der Waals surface area contributed by atoms with Gasteiger partial charge in [0.25, 0.3) is 0 Å². The van der Waals surface area contributed by atoms with Crippen molar-refractivity contribution < 1.29 is 13.6 Å². The molecule has 1 aliphatic rings. The summed E-state index contributed by atoms with van der Waals surface area (Å²) in [5.74, 6) is -0.737. The maximum atomic E-state index is 13.3. The van der Waals surface area contributed by atoms with Crippen LogP contribution < -0.4 is 10.6 Å². The maximum Gasteiger partial charge on any atom is 0.224 e. The Bertz CT molecular complexity index is 451. The lowest BCUT2D eigenvalue weighted by molar-refractivity contribution is -0.120. The third-order valence-corrected chi connectivity index (χ3v) is 3.40. The molecule has 112 valence electrons. The Balaban J connectivity index is 0.00000200. The molecule has 0 spiro atoms. The van der Waals surface area contributed by atoms with Crippen molar-refractivity contribution in [3.05, 3.63) is 35.4 Å². The monoisotopic (exact) mass is 304 g/mol. The molecular weight excluding hydrogens is 286 g/mol. The van der Waals surface area contributed by atoms with E-state index in [2.05, 4.69) is 10.6 Å². The maximum absolute atomic E-state index is 13.3. The fraction of sp³-hybridized carbons (Fsp3) is 0.500. The molecule has 1 amide bonds. The highest BCUT2D eigenvalue weighted by Crippen LogP contribution is 2.12. The second-order valence-corrected chi connectivity index (χ2v) is 4.91. The molecule has 1 aliphatic heterocycles. The molecule has 0 radical (unpaired) electrons. The van der Waals surface area contributed by atoms with Gasteiger partial charge in [-0.05, 0) is 50.0 Å². The molecule has 1 aromatic carbocycles. The summed E-state index contributed by atoms with van der Waals surface area (Å²) in [6, 6.07) is 3.15. The van der Waals surface area contributed by atoms with Crippen molar-refractivity contribution in [3.63, 3.8) is 0 Å². The van der Waals surface area contributed by atoms with E-state index < -0.39 is 11.6 Å². The molecule has 1 heterocycles. The minimum Gasteiger partial charge on any atom is -0.356 e. The number of hydrogen-bond donors (Lipinski definition) is 2. The van der Waals surface area contributed by atoms with Crippen molar-refractivity contribution in [1.82, 2.24) is 10.6 Å². The normalized spacial score (nSPS) is 17.6. The lowest BCUT2D eigenvalue weighted by Crippen LogP contribution is -2.28. The molecule has 20 heavy (non-hydrogen) atoms. The zero-order valence-corrected chi connectivity index (χ0v) is 11.9. The van der Waals surface area contributed by atoms with Gasteiger partial charge in [0.1, 0.15) is 11.6 Å². The second kappa shape index (κ2) is 8.17. The van der Waals surface area contributed by atoms with Gasteiger partial charge >= 0.3 is 0 Å². The summed E-state index contributed by atoms with van der Waals surface area (Å²) in [7, 11) is 0. The van der Waals surface area contributed by atoms with E-state index in [0.29, 0.717) is 12.5 Å². The summed E-state index contributed by atoms with van der Waals surface area (Å²) in [5, 5.41) is 6.01. The number of carbonyl (C=O) groups is 1. The molecule has 3 nitrogen and oxygen atoms in total. The van der Waals surface area contributed by atoms with E-state index in [0.717, 1.165) is 44.1 Å². The number of amides is 1. The minimum absolute atomic E-state index is 0. The van der Waals surface area contributed by atoms with Crippen LogP contribution in [0.2, 0.25) is 0 Å². The van der Waals surface area contributed by atoms with Gasteiger partial charge in [0.15, 0.2) is 0 Å². The second-order valence-electron chi connectivity index (χ2n) is 4.91. The van der Waals surface area contributed by atoms with Gasteiger partial charge in [0.2, 0.25) is 5.91 Å². The van der Waals surface area contributed by atoms with Crippen molar-refractivity contribution in [3.8, 4) is 0 Å². The Morgan fingerprint density at radius 3 is 2.90 bits per heavy atom. The molecular formula is C14H19ClF2N2O. The molecule has 0 bridgehead atoms. The number of hydrogen-bond acceptors (Lipinski definition) is 2. The van der Waals surface area contributed by atoms with E-state index >= 15 is 0 Å². The molecule has 1 unspecified atom stereocenters. The Kier molecular flexibility index (Phi) is 6.88. The lowest BCUT2D eigenvalue weighted by Gasteiger charge is -2.09. The van der Waals surface area contributed by atoms with Crippen LogP contribution in [0.4, 0.5) is 8.78 Å². The summed E-state index contributed by atoms with van der Waals surface area (Å²) in [5.41, 5.74) is 0.0973. The first kappa shape index (κ1) is 16.9. The molecule has 1 aromatic rings. The van der Waals surface area contributed by atoms with Gasteiger partial charge in [-0.25, -0.2) is 8.78 Å². The van der Waals surface area contributed by atoms with E-state index in [1.807, 2.05) is 0 Å². The summed E-state index contributed by atoms with van der Waals surface area (Å²) in [4.78, 5) is 11.6. The van der Waals surface area contributed by atoms with Crippen molar-refractivity contribution in [2.75, 3.05) is 19.6 Å². The van der Waals surface area contributed by atoms with Gasteiger partial charge in [0.05, 0.1) is 6.42 Å². The van der Waals surface area contributed by atoms with Crippen LogP contribution in [0.3, 0.4) is 0 Å². The van der Waals surface area contributed by atoms with Crippen LogP contribution in [0, 0.1) is 17.6 Å². The van der Waals surface area contributed by atoms with Gasteiger partial charge in [0, 0.05) is 12.1 Å². The molecule has 1 fully saturated rings. The van der Waals surface area contributed by atoms with Gasteiger partial charge in [-0.15, -0.1) is 12.4 Å². The number of rotatable bonds is 5. The first-order chi connectivity index (χ1) is 9.15. The van der Waals surface area contributed by atoms with Crippen LogP contribution >= 0.6 is 12.4 Å². The first-order valence-electron chi connectivity index (χ1n) is 6.56. The van der Waals surface area contributed by atoms with Gasteiger partial charge in [-0.2, -0.15) is 0 Å². The molecule has 6 heteroatoms. The highest BCUT2D eigenvalue weighted by Gasteiger charge is 2.14. The zero-order chi connectivity index (χ0) is 13.7. The van der Waals surface area contributed by atoms with E-state index in [9.17, 15) is 13.6 Å². The molecule has 0 aliphatic carbocycles. The van der Waals surface area contributed by atoms with Crippen LogP contribution in [-0.2, 0) is 11.2 Å². The standard InChI is InChI=1S/C14H18F2N2O.ClH/c15-12-1-2-13(16)11(7-12)8-14(19)18-6-4-10-3-5-17-9-10;/h1-2,7,10,17H,3-6,8-9H2,(H,18,19);1H. The average Bonchev–Trinajstić information content (AvgIpc) is 2.87.